The molecule has 2 aromatic rings. The number of furan rings is 1. The molecule has 1 aromatic heterocycles. The minimum Gasteiger partial charge on any atom is -0.463 e. The molecule has 0 bridgehead atoms. The Bertz CT molecular complexity index is 545. The van der Waals surface area contributed by atoms with Gasteiger partial charge in [-0.2, -0.15) is 0 Å². The van der Waals surface area contributed by atoms with Gasteiger partial charge in [-0.1, -0.05) is 30.3 Å². The molecule has 0 saturated heterocycles. The van der Waals surface area contributed by atoms with Crippen LogP contribution < -0.4 is 5.32 Å². The zero-order chi connectivity index (χ0) is 14.5. The van der Waals surface area contributed by atoms with E-state index in [4.69, 9.17) is 4.42 Å². The first-order chi connectivity index (χ1) is 10.3. The fourth-order valence-corrected chi connectivity index (χ4v) is 2.44. The highest BCUT2D eigenvalue weighted by Crippen LogP contribution is 2.20. The van der Waals surface area contributed by atoms with Crippen LogP contribution in [0.15, 0.2) is 46.9 Å². The number of hydrogen-bond acceptors (Lipinski definition) is 3. The van der Waals surface area contributed by atoms with Crippen molar-refractivity contribution in [3.8, 4) is 0 Å². The van der Waals surface area contributed by atoms with Crippen LogP contribution in [0.1, 0.15) is 29.9 Å². The summed E-state index contributed by atoms with van der Waals surface area (Å²) in [5.74, 6) is 2.10. The SMILES string of the molecule is CN(CCc1ccccc1)Cc1ccc(CNC2CC2)o1. The molecule has 0 radical (unpaired) electrons. The van der Waals surface area contributed by atoms with Crippen LogP contribution in [0.5, 0.6) is 0 Å². The Morgan fingerprint density at radius 3 is 2.62 bits per heavy atom. The summed E-state index contributed by atoms with van der Waals surface area (Å²) in [6.07, 6.45) is 3.71. The third-order valence-corrected chi connectivity index (χ3v) is 3.91. The highest BCUT2D eigenvalue weighted by molar-refractivity contribution is 5.15. The molecule has 1 heterocycles. The molecule has 3 nitrogen and oxygen atoms in total. The Labute approximate surface area is 127 Å². The second-order valence-corrected chi connectivity index (χ2v) is 6.00. The zero-order valence-electron chi connectivity index (χ0n) is 12.7. The lowest BCUT2D eigenvalue weighted by Crippen LogP contribution is -2.20. The summed E-state index contributed by atoms with van der Waals surface area (Å²) in [6.45, 7) is 2.77. The van der Waals surface area contributed by atoms with E-state index in [-0.39, 0.29) is 0 Å². The molecule has 1 saturated carbocycles. The van der Waals surface area contributed by atoms with Crippen molar-refractivity contribution < 1.29 is 4.42 Å². The topological polar surface area (TPSA) is 28.4 Å². The molecular weight excluding hydrogens is 260 g/mol. The van der Waals surface area contributed by atoms with Gasteiger partial charge in [0.15, 0.2) is 0 Å². The molecule has 0 amide bonds. The maximum absolute atomic E-state index is 5.88. The summed E-state index contributed by atoms with van der Waals surface area (Å²) in [6, 6.07) is 15.5. The standard InChI is InChI=1S/C18H24N2O/c1-20(12-11-15-5-3-2-4-6-15)14-18-10-9-17(21-18)13-19-16-7-8-16/h2-6,9-10,16,19H,7-8,11-14H2,1H3. The van der Waals surface area contributed by atoms with Crippen molar-refractivity contribution in [2.24, 2.45) is 0 Å². The lowest BCUT2D eigenvalue weighted by atomic mass is 10.1. The van der Waals surface area contributed by atoms with Gasteiger partial charge in [0.2, 0.25) is 0 Å². The van der Waals surface area contributed by atoms with E-state index in [9.17, 15) is 0 Å². The normalized spacial score (nSPS) is 14.8. The number of nitrogens with one attached hydrogen (secondary N) is 1. The van der Waals surface area contributed by atoms with Crippen LogP contribution in [-0.2, 0) is 19.5 Å². The van der Waals surface area contributed by atoms with E-state index in [2.05, 4.69) is 59.7 Å². The van der Waals surface area contributed by atoms with Crippen molar-refractivity contribution >= 4 is 0 Å². The largest absolute Gasteiger partial charge is 0.463 e. The van der Waals surface area contributed by atoms with Crippen molar-refractivity contribution in [2.45, 2.75) is 38.4 Å². The number of likely N-dealkylation sites (N-methyl/N-ethyl adjacent to an activating group) is 1. The number of benzene rings is 1. The number of nitrogens with zero attached hydrogens (tertiary/aromatic N) is 1. The molecule has 1 aliphatic carbocycles. The van der Waals surface area contributed by atoms with E-state index in [0.29, 0.717) is 0 Å². The van der Waals surface area contributed by atoms with Crippen LogP contribution in [0.3, 0.4) is 0 Å². The van der Waals surface area contributed by atoms with Crippen molar-refractivity contribution in [3.05, 3.63) is 59.5 Å². The van der Waals surface area contributed by atoms with Gasteiger partial charge in [0.1, 0.15) is 11.5 Å². The van der Waals surface area contributed by atoms with Crippen LogP contribution in [-0.4, -0.2) is 24.5 Å². The fraction of sp³-hybridized carbons (Fsp3) is 0.444. The van der Waals surface area contributed by atoms with Crippen LogP contribution in [0, 0.1) is 0 Å². The lowest BCUT2D eigenvalue weighted by Gasteiger charge is -2.15. The molecule has 21 heavy (non-hydrogen) atoms. The molecule has 0 spiro atoms. The van der Waals surface area contributed by atoms with Crippen molar-refractivity contribution in [1.82, 2.24) is 10.2 Å². The predicted molar refractivity (Wildman–Crippen MR) is 85.0 cm³/mol. The van der Waals surface area contributed by atoms with E-state index in [1.165, 1.54) is 18.4 Å². The van der Waals surface area contributed by atoms with Gasteiger partial charge in [0, 0.05) is 12.6 Å². The van der Waals surface area contributed by atoms with Crippen molar-refractivity contribution in [1.29, 1.82) is 0 Å². The Morgan fingerprint density at radius 2 is 1.86 bits per heavy atom. The quantitative estimate of drug-likeness (QED) is 0.807. The fourth-order valence-electron chi connectivity index (χ4n) is 2.44. The second-order valence-electron chi connectivity index (χ2n) is 6.00. The molecule has 1 aliphatic rings. The van der Waals surface area contributed by atoms with E-state index in [1.54, 1.807) is 0 Å². The van der Waals surface area contributed by atoms with E-state index in [1.807, 2.05) is 0 Å². The second kappa shape index (κ2) is 6.92. The average molecular weight is 284 g/mol. The maximum Gasteiger partial charge on any atom is 0.118 e. The third kappa shape index (κ3) is 4.73. The molecule has 112 valence electrons. The number of hydrogen-bond donors (Lipinski definition) is 1. The minimum atomic E-state index is 0.729. The van der Waals surface area contributed by atoms with Crippen molar-refractivity contribution in [3.63, 3.8) is 0 Å². The molecule has 0 aliphatic heterocycles. The Kier molecular flexibility index (Phi) is 4.73. The minimum absolute atomic E-state index is 0.729. The monoisotopic (exact) mass is 284 g/mol. The molecular formula is C18H24N2O. The summed E-state index contributed by atoms with van der Waals surface area (Å²) in [4.78, 5) is 2.31. The van der Waals surface area contributed by atoms with Gasteiger partial charge in [-0.25, -0.2) is 0 Å². The molecule has 0 unspecified atom stereocenters. The van der Waals surface area contributed by atoms with Crippen LogP contribution in [0.2, 0.25) is 0 Å². The first-order valence-electron chi connectivity index (χ1n) is 7.83. The average Bonchev–Trinajstić information content (AvgIpc) is 3.24. The van der Waals surface area contributed by atoms with Gasteiger partial charge in [-0.05, 0) is 44.0 Å². The molecule has 3 rings (SSSR count). The summed E-state index contributed by atoms with van der Waals surface area (Å²) in [7, 11) is 2.15. The van der Waals surface area contributed by atoms with E-state index < -0.39 is 0 Å². The molecule has 1 fully saturated rings. The highest BCUT2D eigenvalue weighted by atomic mass is 16.3. The van der Waals surface area contributed by atoms with Gasteiger partial charge in [-0.15, -0.1) is 0 Å². The van der Waals surface area contributed by atoms with Gasteiger partial charge in [0.05, 0.1) is 13.1 Å². The maximum atomic E-state index is 5.88. The van der Waals surface area contributed by atoms with Gasteiger partial charge in [0.25, 0.3) is 0 Å². The molecule has 1 aromatic carbocycles. The van der Waals surface area contributed by atoms with Gasteiger partial charge in [-0.3, -0.25) is 4.90 Å². The summed E-state index contributed by atoms with van der Waals surface area (Å²) >= 11 is 0. The van der Waals surface area contributed by atoms with Crippen LogP contribution in [0.25, 0.3) is 0 Å². The molecule has 0 atom stereocenters. The van der Waals surface area contributed by atoms with Gasteiger partial charge < -0.3 is 9.73 Å². The Hall–Kier alpha value is -1.58. The molecule has 1 N–H and O–H groups in total. The van der Waals surface area contributed by atoms with E-state index >= 15 is 0 Å². The number of rotatable bonds is 8. The Balaban J connectivity index is 1.42. The summed E-state index contributed by atoms with van der Waals surface area (Å²) in [5.41, 5.74) is 1.39. The zero-order valence-corrected chi connectivity index (χ0v) is 12.7. The van der Waals surface area contributed by atoms with Crippen LogP contribution >= 0.6 is 0 Å². The van der Waals surface area contributed by atoms with Crippen molar-refractivity contribution in [2.75, 3.05) is 13.6 Å². The third-order valence-electron chi connectivity index (χ3n) is 3.91. The smallest absolute Gasteiger partial charge is 0.118 e. The summed E-state index contributed by atoms with van der Waals surface area (Å²) in [5, 5.41) is 3.48. The predicted octanol–water partition coefficient (Wildman–Crippen LogP) is 3.21. The van der Waals surface area contributed by atoms with Crippen LogP contribution in [0.4, 0.5) is 0 Å². The Morgan fingerprint density at radius 1 is 1.10 bits per heavy atom. The van der Waals surface area contributed by atoms with Gasteiger partial charge >= 0.3 is 0 Å². The van der Waals surface area contributed by atoms with E-state index in [0.717, 1.165) is 43.6 Å². The first-order valence-corrected chi connectivity index (χ1v) is 7.83. The summed E-state index contributed by atoms with van der Waals surface area (Å²) < 4.78 is 5.88. The lowest BCUT2D eigenvalue weighted by molar-refractivity contribution is 0.292. The molecule has 3 heteroatoms. The first kappa shape index (κ1) is 14.4. The highest BCUT2D eigenvalue weighted by Gasteiger charge is 2.20.